The molecule has 1 aromatic carbocycles. The summed E-state index contributed by atoms with van der Waals surface area (Å²) in [4.78, 5) is 14.6. The lowest BCUT2D eigenvalue weighted by molar-refractivity contribution is -0.274. The number of carbonyl (C=O) groups is 1. The van der Waals surface area contributed by atoms with Gasteiger partial charge in [0.25, 0.3) is 0 Å². The Kier molecular flexibility index (Phi) is 4.69. The van der Waals surface area contributed by atoms with Crippen molar-refractivity contribution in [3.8, 4) is 5.75 Å². The molecule has 0 amide bonds. The van der Waals surface area contributed by atoms with Crippen molar-refractivity contribution in [2.24, 2.45) is 0 Å². The molecule has 11 heteroatoms. The van der Waals surface area contributed by atoms with Crippen molar-refractivity contribution in [2.75, 3.05) is 11.9 Å². The average Bonchev–Trinajstić information content (AvgIpc) is 2.43. The molecule has 0 spiro atoms. The Bertz CT molecular complexity index is 817. The number of aromatic nitrogens is 1. The number of benzene rings is 1. The number of carboxylic acid groups (broad SMARTS) is 1. The number of ether oxygens (including phenoxy) is 1. The van der Waals surface area contributed by atoms with Gasteiger partial charge in [-0.05, 0) is 24.6 Å². The summed E-state index contributed by atoms with van der Waals surface area (Å²) in [6.07, 6.45) is -9.72. The van der Waals surface area contributed by atoms with Gasteiger partial charge in [0.15, 0.2) is 5.75 Å². The minimum absolute atomic E-state index is 0.0245. The van der Waals surface area contributed by atoms with Crippen LogP contribution in [-0.4, -0.2) is 35.1 Å². The van der Waals surface area contributed by atoms with Gasteiger partial charge in [-0.2, -0.15) is 13.2 Å². The largest absolute Gasteiger partial charge is 0.573 e. The molecule has 2 aromatic rings. The maximum Gasteiger partial charge on any atom is 0.573 e. The second-order valence-electron chi connectivity index (χ2n) is 5.02. The van der Waals surface area contributed by atoms with E-state index in [2.05, 4.69) is 9.72 Å². The average molecular weight is 368 g/mol. The van der Waals surface area contributed by atoms with E-state index in [1.165, 1.54) is 6.92 Å². The Morgan fingerprint density at radius 2 is 1.84 bits per heavy atom. The standard InChI is InChI=1S/C14H10F6N2O3/c1-6-2-9(12(23)24)22-11-8(6)3-7(21-5-13(15,16)17)4-10(11)25-14(18,19)20/h2-4,21H,5H2,1H3,(H,23,24). The summed E-state index contributed by atoms with van der Waals surface area (Å²) in [6, 6.07) is 2.91. The molecule has 0 saturated carbocycles. The van der Waals surface area contributed by atoms with Crippen LogP contribution in [0, 0.1) is 6.92 Å². The minimum Gasteiger partial charge on any atom is -0.477 e. The van der Waals surface area contributed by atoms with Gasteiger partial charge >= 0.3 is 18.5 Å². The summed E-state index contributed by atoms with van der Waals surface area (Å²) >= 11 is 0. The number of nitrogens with zero attached hydrogens (tertiary/aromatic N) is 1. The fourth-order valence-corrected chi connectivity index (χ4v) is 2.08. The van der Waals surface area contributed by atoms with Crippen molar-refractivity contribution in [1.82, 2.24) is 4.98 Å². The van der Waals surface area contributed by atoms with Gasteiger partial charge in [0.05, 0.1) is 0 Å². The van der Waals surface area contributed by atoms with E-state index in [0.29, 0.717) is 6.07 Å². The summed E-state index contributed by atoms with van der Waals surface area (Å²) in [5, 5.41) is 10.9. The number of alkyl halides is 6. The van der Waals surface area contributed by atoms with Crippen LogP contribution in [-0.2, 0) is 0 Å². The van der Waals surface area contributed by atoms with E-state index in [-0.39, 0.29) is 16.6 Å². The number of fused-ring (bicyclic) bond motifs is 1. The summed E-state index contributed by atoms with van der Waals surface area (Å²) in [7, 11) is 0. The molecule has 0 aliphatic rings. The van der Waals surface area contributed by atoms with Gasteiger partial charge < -0.3 is 15.2 Å². The molecule has 1 heterocycles. The zero-order valence-electron chi connectivity index (χ0n) is 12.4. The van der Waals surface area contributed by atoms with Crippen LogP contribution in [0.2, 0.25) is 0 Å². The molecule has 2 rings (SSSR count). The number of pyridine rings is 1. The van der Waals surface area contributed by atoms with Gasteiger partial charge in [0.2, 0.25) is 0 Å². The summed E-state index contributed by atoms with van der Waals surface area (Å²) in [5.74, 6) is -2.37. The molecule has 0 bridgehead atoms. The minimum atomic E-state index is -5.13. The number of halogens is 6. The lowest BCUT2D eigenvalue weighted by Crippen LogP contribution is -2.22. The first-order valence-corrected chi connectivity index (χ1v) is 6.61. The Morgan fingerprint density at radius 1 is 1.20 bits per heavy atom. The molecule has 0 aliphatic heterocycles. The maximum absolute atomic E-state index is 12.6. The molecule has 0 radical (unpaired) electrons. The van der Waals surface area contributed by atoms with Crippen LogP contribution in [0.5, 0.6) is 5.75 Å². The molecular weight excluding hydrogens is 358 g/mol. The lowest BCUT2D eigenvalue weighted by Gasteiger charge is -2.16. The first-order chi connectivity index (χ1) is 11.4. The van der Waals surface area contributed by atoms with Crippen LogP contribution in [0.3, 0.4) is 0 Å². The Hall–Kier alpha value is -2.72. The predicted octanol–water partition coefficient (Wildman–Crippen LogP) is 4.11. The fourth-order valence-electron chi connectivity index (χ4n) is 2.08. The molecule has 0 saturated heterocycles. The zero-order chi connectivity index (χ0) is 19.0. The normalized spacial score (nSPS) is 12.3. The zero-order valence-corrected chi connectivity index (χ0v) is 12.4. The molecule has 1 aromatic heterocycles. The molecule has 5 nitrogen and oxygen atoms in total. The van der Waals surface area contributed by atoms with Gasteiger partial charge in [-0.15, -0.1) is 13.2 Å². The van der Waals surface area contributed by atoms with Gasteiger partial charge in [-0.1, -0.05) is 0 Å². The number of anilines is 1. The van der Waals surface area contributed by atoms with E-state index in [9.17, 15) is 31.1 Å². The topological polar surface area (TPSA) is 71.5 Å². The number of hydrogen-bond acceptors (Lipinski definition) is 4. The first kappa shape index (κ1) is 18.6. The number of rotatable bonds is 4. The second-order valence-corrected chi connectivity index (χ2v) is 5.02. The number of hydrogen-bond donors (Lipinski definition) is 2. The van der Waals surface area contributed by atoms with Gasteiger partial charge in [0.1, 0.15) is 17.8 Å². The Balaban J connectivity index is 2.62. The fraction of sp³-hybridized carbons (Fsp3) is 0.286. The van der Waals surface area contributed by atoms with E-state index in [1.54, 1.807) is 0 Å². The third-order valence-electron chi connectivity index (χ3n) is 3.02. The Labute approximate surface area is 136 Å². The highest BCUT2D eigenvalue weighted by molar-refractivity contribution is 5.95. The first-order valence-electron chi connectivity index (χ1n) is 6.61. The molecule has 25 heavy (non-hydrogen) atoms. The number of nitrogens with one attached hydrogen (secondary N) is 1. The number of aromatic carboxylic acids is 1. The summed E-state index contributed by atoms with van der Waals surface area (Å²) in [5.41, 5.74) is -1.01. The van der Waals surface area contributed by atoms with Gasteiger partial charge in [-0.25, -0.2) is 9.78 Å². The summed E-state index contributed by atoms with van der Waals surface area (Å²) in [6.45, 7) is -0.0784. The third-order valence-corrected chi connectivity index (χ3v) is 3.02. The van der Waals surface area contributed by atoms with Crippen molar-refractivity contribution >= 4 is 22.6 Å². The molecule has 0 atom stereocenters. The SMILES string of the molecule is Cc1cc(C(=O)O)nc2c(OC(F)(F)F)cc(NCC(F)(F)F)cc12. The van der Waals surface area contributed by atoms with Crippen LogP contribution >= 0.6 is 0 Å². The van der Waals surface area contributed by atoms with Crippen molar-refractivity contribution in [3.63, 3.8) is 0 Å². The van der Waals surface area contributed by atoms with Crippen molar-refractivity contribution in [1.29, 1.82) is 0 Å². The van der Waals surface area contributed by atoms with Crippen molar-refractivity contribution < 1.29 is 41.0 Å². The van der Waals surface area contributed by atoms with Crippen LogP contribution in [0.1, 0.15) is 16.1 Å². The van der Waals surface area contributed by atoms with Crippen LogP contribution in [0.15, 0.2) is 18.2 Å². The molecule has 136 valence electrons. The van der Waals surface area contributed by atoms with Gasteiger partial charge in [-0.3, -0.25) is 0 Å². The quantitative estimate of drug-likeness (QED) is 0.795. The van der Waals surface area contributed by atoms with Crippen molar-refractivity contribution in [2.45, 2.75) is 19.5 Å². The van der Waals surface area contributed by atoms with E-state index < -0.39 is 42.0 Å². The highest BCUT2D eigenvalue weighted by Gasteiger charge is 2.33. The van der Waals surface area contributed by atoms with E-state index >= 15 is 0 Å². The van der Waals surface area contributed by atoms with E-state index in [1.807, 2.05) is 5.32 Å². The number of aryl methyl sites for hydroxylation is 1. The van der Waals surface area contributed by atoms with Gasteiger partial charge in [0, 0.05) is 17.1 Å². The highest BCUT2D eigenvalue weighted by atomic mass is 19.4. The third kappa shape index (κ3) is 4.88. The maximum atomic E-state index is 12.6. The monoisotopic (exact) mass is 368 g/mol. The molecule has 0 unspecified atom stereocenters. The smallest absolute Gasteiger partial charge is 0.477 e. The number of carboxylic acids is 1. The molecular formula is C14H10F6N2O3. The molecule has 0 fully saturated rings. The summed E-state index contributed by atoms with van der Waals surface area (Å²) < 4.78 is 78.4. The van der Waals surface area contributed by atoms with Crippen LogP contribution in [0.4, 0.5) is 32.0 Å². The lowest BCUT2D eigenvalue weighted by atomic mass is 10.1. The highest BCUT2D eigenvalue weighted by Crippen LogP contribution is 2.35. The van der Waals surface area contributed by atoms with Crippen molar-refractivity contribution in [3.05, 3.63) is 29.5 Å². The molecule has 2 N–H and O–H groups in total. The van der Waals surface area contributed by atoms with E-state index in [0.717, 1.165) is 12.1 Å². The van der Waals surface area contributed by atoms with Crippen LogP contribution in [0.25, 0.3) is 10.9 Å². The molecule has 0 aliphatic carbocycles. The Morgan fingerprint density at radius 3 is 2.36 bits per heavy atom. The van der Waals surface area contributed by atoms with E-state index in [4.69, 9.17) is 5.11 Å². The second kappa shape index (κ2) is 6.30. The van der Waals surface area contributed by atoms with Crippen LogP contribution < -0.4 is 10.1 Å². The predicted molar refractivity (Wildman–Crippen MR) is 74.7 cm³/mol.